The fraction of sp³-hybridized carbons (Fsp3) is 0.833. The van der Waals surface area contributed by atoms with E-state index in [2.05, 4.69) is 4.74 Å². The van der Waals surface area contributed by atoms with Crippen molar-refractivity contribution in [2.45, 2.75) is 31.4 Å². The van der Waals surface area contributed by atoms with Crippen LogP contribution in [0, 0.1) is 0 Å². The molecule has 15 heavy (non-hydrogen) atoms. The van der Waals surface area contributed by atoms with Crippen molar-refractivity contribution in [3.63, 3.8) is 0 Å². The largest absolute Gasteiger partial charge is 0.747 e. The number of hydrogen-bond donors (Lipinski definition) is 0. The maximum atomic E-state index is 12.1. The van der Waals surface area contributed by atoms with Crippen molar-refractivity contribution in [2.24, 2.45) is 0 Å². The average Bonchev–Trinajstić information content (AvgIpc) is 1.74. The Morgan fingerprint density at radius 3 is 2.00 bits per heavy atom. The molecule has 0 saturated heterocycles. The van der Waals surface area contributed by atoms with E-state index in [1.165, 1.54) is 0 Å². The van der Waals surface area contributed by atoms with Gasteiger partial charge in [0.1, 0.15) is 16.2 Å². The van der Waals surface area contributed by atoms with Gasteiger partial charge in [-0.05, 0) is 6.92 Å². The molecule has 9 heteroatoms. The van der Waals surface area contributed by atoms with Gasteiger partial charge >= 0.3 is 12.1 Å². The van der Waals surface area contributed by atoms with E-state index in [0.29, 0.717) is 6.92 Å². The van der Waals surface area contributed by atoms with Gasteiger partial charge in [-0.3, -0.25) is 4.79 Å². The molecule has 0 bridgehead atoms. The molecule has 0 aliphatic carbocycles. The zero-order valence-corrected chi connectivity index (χ0v) is 8.55. The van der Waals surface area contributed by atoms with E-state index in [1.54, 1.807) is 0 Å². The smallest absolute Gasteiger partial charge is 0.408 e. The van der Waals surface area contributed by atoms with Crippen LogP contribution in [0.25, 0.3) is 0 Å². The van der Waals surface area contributed by atoms with E-state index in [0.717, 1.165) is 6.92 Å². The predicted octanol–water partition coefficient (Wildman–Crippen LogP) is 0.414. The maximum absolute atomic E-state index is 12.1. The second kappa shape index (κ2) is 4.35. The summed E-state index contributed by atoms with van der Waals surface area (Å²) >= 11 is 0. The molecule has 90 valence electrons. The van der Waals surface area contributed by atoms with Crippen LogP contribution in [-0.4, -0.2) is 36.5 Å². The average molecular weight is 249 g/mol. The summed E-state index contributed by atoms with van der Waals surface area (Å²) in [5.41, 5.74) is 0. The Labute approximate surface area is 84.0 Å². The molecule has 0 radical (unpaired) electrons. The van der Waals surface area contributed by atoms with Gasteiger partial charge in [0, 0.05) is 6.92 Å². The second-order valence-electron chi connectivity index (χ2n) is 2.77. The van der Waals surface area contributed by atoms with Gasteiger partial charge in [0.25, 0.3) is 0 Å². The molecule has 0 spiro atoms. The van der Waals surface area contributed by atoms with Crippen molar-refractivity contribution in [2.75, 3.05) is 0 Å². The van der Waals surface area contributed by atoms with Crippen molar-refractivity contribution in [1.29, 1.82) is 0 Å². The Morgan fingerprint density at radius 1 is 1.40 bits per heavy atom. The Morgan fingerprint density at radius 2 is 1.80 bits per heavy atom. The summed E-state index contributed by atoms with van der Waals surface area (Å²) in [4.78, 5) is 10.3. The van der Waals surface area contributed by atoms with E-state index in [1.807, 2.05) is 0 Å². The van der Waals surface area contributed by atoms with Crippen LogP contribution in [0.1, 0.15) is 13.8 Å². The molecule has 2 unspecified atom stereocenters. The minimum absolute atomic E-state index is 0.689. The van der Waals surface area contributed by atoms with Gasteiger partial charge in [-0.25, -0.2) is 8.42 Å². The lowest BCUT2D eigenvalue weighted by Gasteiger charge is -2.27. The van der Waals surface area contributed by atoms with Gasteiger partial charge < -0.3 is 9.29 Å². The number of carbonyl (C=O) groups is 1. The van der Waals surface area contributed by atoms with Crippen molar-refractivity contribution in [3.8, 4) is 0 Å². The Bertz CT molecular complexity index is 333. The second-order valence-corrected chi connectivity index (χ2v) is 4.26. The molecule has 0 aromatic rings. The summed E-state index contributed by atoms with van der Waals surface area (Å²) in [7, 11) is -5.62. The third-order valence-electron chi connectivity index (χ3n) is 1.41. The highest BCUT2D eigenvalue weighted by atomic mass is 32.2. The van der Waals surface area contributed by atoms with Gasteiger partial charge in [0.05, 0.1) is 0 Å². The van der Waals surface area contributed by atoms with Crippen molar-refractivity contribution in [1.82, 2.24) is 0 Å². The van der Waals surface area contributed by atoms with Crippen LogP contribution < -0.4 is 0 Å². The van der Waals surface area contributed by atoms with Crippen LogP contribution in [-0.2, 0) is 19.6 Å². The molecular formula is C6H8F3O5S-. The molecule has 0 amide bonds. The van der Waals surface area contributed by atoms with Crippen LogP contribution in [0.15, 0.2) is 0 Å². The Balaban J connectivity index is 5.06. The number of esters is 1. The fourth-order valence-electron chi connectivity index (χ4n) is 0.988. The molecule has 0 aliphatic rings. The predicted molar refractivity (Wildman–Crippen MR) is 40.8 cm³/mol. The van der Waals surface area contributed by atoms with Crippen molar-refractivity contribution in [3.05, 3.63) is 0 Å². The number of rotatable bonds is 3. The van der Waals surface area contributed by atoms with Crippen LogP contribution in [0.4, 0.5) is 13.2 Å². The highest BCUT2D eigenvalue weighted by Crippen LogP contribution is 2.29. The van der Waals surface area contributed by atoms with Crippen molar-refractivity contribution >= 4 is 16.1 Å². The van der Waals surface area contributed by atoms with E-state index in [-0.39, 0.29) is 0 Å². The van der Waals surface area contributed by atoms with E-state index >= 15 is 0 Å². The third kappa shape index (κ3) is 4.47. The Kier molecular flexibility index (Phi) is 4.11. The molecule has 0 aromatic heterocycles. The number of halogens is 3. The molecule has 0 rings (SSSR count). The lowest BCUT2D eigenvalue weighted by Crippen LogP contribution is -2.46. The van der Waals surface area contributed by atoms with Gasteiger partial charge in [0.2, 0.25) is 0 Å². The number of ether oxygens (including phenoxy) is 1. The number of hydrogen-bond acceptors (Lipinski definition) is 5. The first kappa shape index (κ1) is 14.2. The standard InChI is InChI=1S/C6H9F3O5S/c1-3(14-4(2)10)5(6(7,8)9)15(11,12)13/h3,5H,1-2H3,(H,11,12,13)/p-1. The Hall–Kier alpha value is -0.830. The molecule has 0 heterocycles. The topological polar surface area (TPSA) is 83.5 Å². The van der Waals surface area contributed by atoms with Gasteiger partial charge in [0.15, 0.2) is 5.25 Å². The molecule has 0 saturated carbocycles. The van der Waals surface area contributed by atoms with E-state index in [4.69, 9.17) is 0 Å². The molecule has 2 atom stereocenters. The van der Waals surface area contributed by atoms with Crippen LogP contribution in [0.3, 0.4) is 0 Å². The van der Waals surface area contributed by atoms with E-state index < -0.39 is 33.6 Å². The zero-order valence-electron chi connectivity index (χ0n) is 7.74. The monoisotopic (exact) mass is 249 g/mol. The normalized spacial score (nSPS) is 16.9. The molecule has 0 aromatic carbocycles. The molecular weight excluding hydrogens is 241 g/mol. The number of carbonyl (C=O) groups excluding carboxylic acids is 1. The lowest BCUT2D eigenvalue weighted by molar-refractivity contribution is -0.166. The van der Waals surface area contributed by atoms with E-state index in [9.17, 15) is 30.9 Å². The van der Waals surface area contributed by atoms with Crippen molar-refractivity contribution < 1.29 is 35.7 Å². The summed E-state index contributed by atoms with van der Waals surface area (Å²) < 4.78 is 71.5. The fourth-order valence-corrected chi connectivity index (χ4v) is 1.84. The van der Waals surface area contributed by atoms with Gasteiger partial charge in [-0.1, -0.05) is 0 Å². The first-order valence-corrected chi connectivity index (χ1v) is 5.12. The summed E-state index contributed by atoms with van der Waals surface area (Å²) in [5, 5.41) is -3.24. The molecule has 0 fully saturated rings. The zero-order chi connectivity index (χ0) is 12.4. The highest BCUT2D eigenvalue weighted by molar-refractivity contribution is 7.86. The minimum Gasteiger partial charge on any atom is -0.747 e. The summed E-state index contributed by atoms with van der Waals surface area (Å²) in [6.45, 7) is 1.50. The summed E-state index contributed by atoms with van der Waals surface area (Å²) in [5.74, 6) is -1.10. The summed E-state index contributed by atoms with van der Waals surface area (Å²) in [6, 6.07) is 0. The quantitative estimate of drug-likeness (QED) is 0.534. The first-order chi connectivity index (χ1) is 6.46. The first-order valence-electron chi connectivity index (χ1n) is 3.65. The molecule has 5 nitrogen and oxygen atoms in total. The van der Waals surface area contributed by atoms with Gasteiger partial charge in [-0.2, -0.15) is 13.2 Å². The lowest BCUT2D eigenvalue weighted by atomic mass is 10.2. The third-order valence-corrected chi connectivity index (χ3v) is 2.68. The highest BCUT2D eigenvalue weighted by Gasteiger charge is 2.49. The van der Waals surface area contributed by atoms with Crippen LogP contribution in [0.5, 0.6) is 0 Å². The number of alkyl halides is 3. The maximum Gasteiger partial charge on any atom is 0.408 e. The van der Waals surface area contributed by atoms with Crippen LogP contribution in [0.2, 0.25) is 0 Å². The molecule has 0 aliphatic heterocycles. The van der Waals surface area contributed by atoms with Gasteiger partial charge in [-0.15, -0.1) is 0 Å². The summed E-state index contributed by atoms with van der Waals surface area (Å²) in [6.07, 6.45) is -7.33. The van der Waals surface area contributed by atoms with Crippen LogP contribution >= 0.6 is 0 Å². The molecule has 0 N–H and O–H groups in total. The SMILES string of the molecule is CC(=O)OC(C)C(C(F)(F)F)S(=O)(=O)[O-]. The minimum atomic E-state index is -5.62.